The lowest BCUT2D eigenvalue weighted by atomic mass is 9.96. The summed E-state index contributed by atoms with van der Waals surface area (Å²) in [5, 5.41) is 14.7. The van der Waals surface area contributed by atoms with Gasteiger partial charge in [0.2, 0.25) is 0 Å². The van der Waals surface area contributed by atoms with Crippen LogP contribution in [0.2, 0.25) is 0 Å². The van der Waals surface area contributed by atoms with Crippen LogP contribution in [-0.4, -0.2) is 15.9 Å². The lowest BCUT2D eigenvalue weighted by Crippen LogP contribution is -2.47. The van der Waals surface area contributed by atoms with E-state index in [4.69, 9.17) is 0 Å². The van der Waals surface area contributed by atoms with Crippen LogP contribution >= 0.6 is 7.26 Å². The molecule has 0 fully saturated rings. The van der Waals surface area contributed by atoms with Gasteiger partial charge in [-0.25, -0.2) is 0 Å². The summed E-state index contributed by atoms with van der Waals surface area (Å²) in [6, 6.07) is 32.6. The first-order chi connectivity index (χ1) is 12.8. The second-order valence-corrected chi connectivity index (χ2v) is 12.6. The molecule has 2 heteroatoms. The summed E-state index contributed by atoms with van der Waals surface area (Å²) < 4.78 is 0. The topological polar surface area (TPSA) is 20.2 Å². The molecule has 1 N–H and O–H groups in total. The molecule has 0 unspecified atom stereocenters. The van der Waals surface area contributed by atoms with Crippen LogP contribution < -0.4 is 15.9 Å². The molecule has 3 aromatic rings. The Morgan fingerprint density at radius 2 is 0.889 bits per heavy atom. The second kappa shape index (κ2) is 7.58. The Kier molecular flexibility index (Phi) is 5.56. The maximum atomic E-state index is 10.8. The van der Waals surface area contributed by atoms with Crippen molar-refractivity contribution in [1.29, 1.82) is 0 Å². The smallest absolute Gasteiger partial charge is 0.117 e. The number of rotatable bonds is 6. The van der Waals surface area contributed by atoms with Gasteiger partial charge in [-0.15, -0.1) is 0 Å². The van der Waals surface area contributed by atoms with E-state index >= 15 is 0 Å². The van der Waals surface area contributed by atoms with Crippen LogP contribution in [0.4, 0.5) is 0 Å². The fraction of sp³-hybridized carbons (Fsp3) is 0.280. The van der Waals surface area contributed by atoms with Crippen molar-refractivity contribution in [3.63, 3.8) is 0 Å². The number of benzene rings is 3. The van der Waals surface area contributed by atoms with Gasteiger partial charge in [0, 0.05) is 6.42 Å². The van der Waals surface area contributed by atoms with Gasteiger partial charge in [-0.05, 0) is 64.1 Å². The molecule has 0 spiro atoms. The minimum atomic E-state index is -2.01. The monoisotopic (exact) mass is 377 g/mol. The van der Waals surface area contributed by atoms with Crippen molar-refractivity contribution in [3.05, 3.63) is 91.0 Å². The molecular weight excluding hydrogens is 347 g/mol. The van der Waals surface area contributed by atoms with E-state index < -0.39 is 12.9 Å². The van der Waals surface area contributed by atoms with Crippen molar-refractivity contribution in [3.8, 4) is 0 Å². The first-order valence-corrected chi connectivity index (χ1v) is 11.3. The van der Waals surface area contributed by atoms with Gasteiger partial charge in [0.1, 0.15) is 23.2 Å². The van der Waals surface area contributed by atoms with Gasteiger partial charge in [-0.2, -0.15) is 0 Å². The first-order valence-electron chi connectivity index (χ1n) is 9.56. The highest BCUT2D eigenvalue weighted by atomic mass is 31.2. The van der Waals surface area contributed by atoms with Gasteiger partial charge < -0.3 is 5.11 Å². The van der Waals surface area contributed by atoms with Crippen LogP contribution in [0.3, 0.4) is 0 Å². The molecular formula is C25H30OP+. The molecule has 3 aromatic carbocycles. The van der Waals surface area contributed by atoms with Crippen LogP contribution in [0, 0.1) is 0 Å². The highest BCUT2D eigenvalue weighted by Crippen LogP contribution is 2.67. The van der Waals surface area contributed by atoms with E-state index in [1.54, 1.807) is 0 Å². The van der Waals surface area contributed by atoms with Crippen molar-refractivity contribution in [2.24, 2.45) is 0 Å². The molecule has 1 nitrogen and oxygen atoms in total. The molecule has 0 atom stereocenters. The fourth-order valence-electron chi connectivity index (χ4n) is 4.63. The molecule has 0 saturated heterocycles. The van der Waals surface area contributed by atoms with Crippen molar-refractivity contribution < 1.29 is 5.11 Å². The Hall–Kier alpha value is -1.95. The molecule has 0 radical (unpaired) electrons. The van der Waals surface area contributed by atoms with Gasteiger partial charge in [0.05, 0.1) is 10.8 Å². The molecule has 3 rings (SSSR count). The average Bonchev–Trinajstić information content (AvgIpc) is 2.63. The molecule has 0 heterocycles. The highest BCUT2D eigenvalue weighted by molar-refractivity contribution is 7.96. The third-order valence-electron chi connectivity index (χ3n) is 5.20. The highest BCUT2D eigenvalue weighted by Gasteiger charge is 2.58. The average molecular weight is 377 g/mol. The normalized spacial score (nSPS) is 12.8. The third kappa shape index (κ3) is 3.86. The molecule has 0 aliphatic carbocycles. The Labute approximate surface area is 164 Å². The van der Waals surface area contributed by atoms with Gasteiger partial charge in [0.25, 0.3) is 0 Å². The minimum Gasteiger partial charge on any atom is -0.390 e. The molecule has 0 amide bonds. The van der Waals surface area contributed by atoms with Crippen LogP contribution in [0.25, 0.3) is 0 Å². The standard InChI is InChI=1S/C25H30OP/c1-24(2,26)20-25(3,4)27(21-14-8-5-9-15-21,22-16-10-6-11-17-22)23-18-12-7-13-19-23/h5-19,26H,20H2,1-4H3/q+1. The maximum Gasteiger partial charge on any atom is 0.117 e. The Morgan fingerprint density at radius 3 is 1.15 bits per heavy atom. The van der Waals surface area contributed by atoms with Gasteiger partial charge in [0.15, 0.2) is 0 Å². The predicted octanol–water partition coefficient (Wildman–Crippen LogP) is 4.92. The zero-order valence-electron chi connectivity index (χ0n) is 16.8. The quantitative estimate of drug-likeness (QED) is 0.605. The number of hydrogen-bond acceptors (Lipinski definition) is 1. The van der Waals surface area contributed by atoms with E-state index in [1.807, 2.05) is 13.8 Å². The van der Waals surface area contributed by atoms with Crippen molar-refractivity contribution in [2.45, 2.75) is 44.9 Å². The predicted molar refractivity (Wildman–Crippen MR) is 120 cm³/mol. The minimum absolute atomic E-state index is 0.130. The molecule has 27 heavy (non-hydrogen) atoms. The van der Waals surface area contributed by atoms with Gasteiger partial charge in [-0.1, -0.05) is 54.6 Å². The maximum absolute atomic E-state index is 10.8. The Balaban J connectivity index is 2.40. The molecule has 0 aliphatic rings. The Morgan fingerprint density at radius 1 is 0.593 bits per heavy atom. The number of aliphatic hydroxyl groups is 1. The van der Waals surface area contributed by atoms with E-state index in [-0.39, 0.29) is 5.16 Å². The van der Waals surface area contributed by atoms with Crippen LogP contribution in [0.15, 0.2) is 91.0 Å². The summed E-state index contributed by atoms with van der Waals surface area (Å²) in [5.74, 6) is 0. The number of hydrogen-bond donors (Lipinski definition) is 1. The second-order valence-electron chi connectivity index (χ2n) is 8.48. The SMILES string of the molecule is CC(C)(O)CC(C)(C)[P+](c1ccccc1)(c1ccccc1)c1ccccc1. The largest absolute Gasteiger partial charge is 0.390 e. The van der Waals surface area contributed by atoms with E-state index in [9.17, 15) is 5.11 Å². The van der Waals surface area contributed by atoms with Crippen LogP contribution in [-0.2, 0) is 0 Å². The zero-order valence-corrected chi connectivity index (χ0v) is 17.7. The first kappa shape index (κ1) is 19.8. The molecule has 140 valence electrons. The summed E-state index contributed by atoms with van der Waals surface area (Å²) in [6.45, 7) is 8.49. The molecule has 0 aromatic heterocycles. The summed E-state index contributed by atoms with van der Waals surface area (Å²) in [7, 11) is -2.01. The summed E-state index contributed by atoms with van der Waals surface area (Å²) >= 11 is 0. The van der Waals surface area contributed by atoms with E-state index in [0.717, 1.165) is 0 Å². The van der Waals surface area contributed by atoms with Crippen molar-refractivity contribution >= 4 is 23.2 Å². The lowest BCUT2D eigenvalue weighted by Gasteiger charge is -2.43. The van der Waals surface area contributed by atoms with E-state index in [1.165, 1.54) is 15.9 Å². The third-order valence-corrected chi connectivity index (χ3v) is 10.4. The van der Waals surface area contributed by atoms with Crippen LogP contribution in [0.5, 0.6) is 0 Å². The van der Waals surface area contributed by atoms with Crippen molar-refractivity contribution in [2.75, 3.05) is 0 Å². The zero-order chi connectivity index (χ0) is 19.5. The van der Waals surface area contributed by atoms with Gasteiger partial charge >= 0.3 is 0 Å². The summed E-state index contributed by atoms with van der Waals surface area (Å²) in [6.07, 6.45) is 0.715. The molecule has 0 bridgehead atoms. The molecule has 0 saturated carbocycles. The fourth-order valence-corrected chi connectivity index (χ4v) is 10.1. The van der Waals surface area contributed by atoms with Crippen LogP contribution in [0.1, 0.15) is 34.1 Å². The summed E-state index contributed by atoms with van der Waals surface area (Å²) in [4.78, 5) is 0. The summed E-state index contributed by atoms with van der Waals surface area (Å²) in [5.41, 5.74) is -0.743. The van der Waals surface area contributed by atoms with E-state index in [2.05, 4.69) is 105 Å². The molecule has 0 aliphatic heterocycles. The van der Waals surface area contributed by atoms with Gasteiger partial charge in [-0.3, -0.25) is 0 Å². The Bertz CT molecular complexity index is 752. The lowest BCUT2D eigenvalue weighted by molar-refractivity contribution is 0.0622. The van der Waals surface area contributed by atoms with Crippen molar-refractivity contribution in [1.82, 2.24) is 0 Å². The van der Waals surface area contributed by atoms with E-state index in [0.29, 0.717) is 6.42 Å².